The van der Waals surface area contributed by atoms with E-state index in [0.29, 0.717) is 0 Å². The van der Waals surface area contributed by atoms with Crippen molar-refractivity contribution in [1.29, 1.82) is 0 Å². The Morgan fingerprint density at radius 1 is 1.33 bits per heavy atom. The van der Waals surface area contributed by atoms with Gasteiger partial charge in [-0.3, -0.25) is 14.8 Å². The molecular weight excluding hydrogens is 220 g/mol. The van der Waals surface area contributed by atoms with Gasteiger partial charge >= 0.3 is 0 Å². The fourth-order valence-corrected chi connectivity index (χ4v) is 2.00. The third-order valence-electron chi connectivity index (χ3n) is 1.78. The molecule has 15 heavy (non-hydrogen) atoms. The summed E-state index contributed by atoms with van der Waals surface area (Å²) < 4.78 is 30.8. The van der Waals surface area contributed by atoms with Crippen molar-refractivity contribution in [2.75, 3.05) is 0 Å². The molecule has 1 atom stereocenters. The van der Waals surface area contributed by atoms with Crippen LogP contribution in [0, 0.1) is 0 Å². The Bertz CT molecular complexity index is 443. The first-order valence-corrected chi connectivity index (χ1v) is 5.49. The molecule has 82 valence electrons. The topological polar surface area (TPSA) is 109 Å². The average molecular weight is 230 g/mol. The lowest BCUT2D eigenvalue weighted by Gasteiger charge is -2.11. The second-order valence-electron chi connectivity index (χ2n) is 2.81. The lowest BCUT2D eigenvalue weighted by molar-refractivity contribution is -0.120. The summed E-state index contributed by atoms with van der Waals surface area (Å²) in [6, 6.07) is 7.58. The maximum atomic E-state index is 11.2. The highest BCUT2D eigenvalue weighted by atomic mass is 32.2. The van der Waals surface area contributed by atoms with Gasteiger partial charge in [0.25, 0.3) is 16.0 Å². The van der Waals surface area contributed by atoms with Gasteiger partial charge in [0.05, 0.1) is 0 Å². The molecule has 0 saturated heterocycles. The smallest absolute Gasteiger partial charge is 0.281 e. The molecule has 0 bridgehead atoms. The number of rotatable bonds is 3. The van der Waals surface area contributed by atoms with Gasteiger partial charge < -0.3 is 0 Å². The Kier molecular flexibility index (Phi) is 3.40. The van der Waals surface area contributed by atoms with Crippen LogP contribution in [0.5, 0.6) is 0 Å². The predicted octanol–water partition coefficient (Wildman–Crippen LogP) is -0.395. The van der Waals surface area contributed by atoms with Crippen molar-refractivity contribution in [3.63, 3.8) is 0 Å². The predicted molar refractivity (Wildman–Crippen MR) is 53.1 cm³/mol. The minimum absolute atomic E-state index is 0.156. The summed E-state index contributed by atoms with van der Waals surface area (Å²) in [5, 5.41) is -1.69. The van der Waals surface area contributed by atoms with E-state index in [9.17, 15) is 13.2 Å². The number of amides is 1. The molecule has 0 heterocycles. The number of carbonyl (C=O) groups excluding carboxylic acids is 1. The highest BCUT2D eigenvalue weighted by Gasteiger charge is 2.32. The zero-order chi connectivity index (χ0) is 11.5. The molecule has 0 aromatic heterocycles. The minimum atomic E-state index is -4.52. The Balaban J connectivity index is 3.20. The van der Waals surface area contributed by atoms with E-state index < -0.39 is 21.3 Å². The van der Waals surface area contributed by atoms with Crippen molar-refractivity contribution in [3.05, 3.63) is 35.9 Å². The Labute approximate surface area is 86.8 Å². The lowest BCUT2D eigenvalue weighted by Crippen LogP contribution is -2.37. The molecule has 0 aliphatic rings. The van der Waals surface area contributed by atoms with Crippen LogP contribution in [0.2, 0.25) is 0 Å². The molecule has 1 rings (SSSR count). The van der Waals surface area contributed by atoms with Crippen molar-refractivity contribution in [3.8, 4) is 0 Å². The molecule has 0 aliphatic carbocycles. The second kappa shape index (κ2) is 4.39. The average Bonchev–Trinajstić information content (AvgIpc) is 2.17. The minimum Gasteiger partial charge on any atom is -0.293 e. The summed E-state index contributed by atoms with van der Waals surface area (Å²) >= 11 is 0. The molecule has 1 aromatic carbocycles. The van der Waals surface area contributed by atoms with E-state index in [-0.39, 0.29) is 5.56 Å². The van der Waals surface area contributed by atoms with Gasteiger partial charge in [-0.2, -0.15) is 8.42 Å². The maximum absolute atomic E-state index is 11.2. The van der Waals surface area contributed by atoms with Crippen LogP contribution < -0.4 is 11.3 Å². The zero-order valence-corrected chi connectivity index (χ0v) is 8.44. The van der Waals surface area contributed by atoms with Crippen molar-refractivity contribution in [1.82, 2.24) is 5.43 Å². The van der Waals surface area contributed by atoms with Crippen molar-refractivity contribution >= 4 is 16.0 Å². The van der Waals surface area contributed by atoms with Crippen LogP contribution in [0.25, 0.3) is 0 Å². The number of nitrogens with two attached hydrogens (primary N) is 1. The molecule has 0 aliphatic heterocycles. The molecular formula is C8H10N2O4S. The van der Waals surface area contributed by atoms with Crippen LogP contribution in [-0.4, -0.2) is 18.9 Å². The van der Waals surface area contributed by atoms with E-state index in [2.05, 4.69) is 0 Å². The van der Waals surface area contributed by atoms with Gasteiger partial charge in [0, 0.05) is 0 Å². The molecule has 4 N–H and O–H groups in total. The molecule has 1 unspecified atom stereocenters. The van der Waals surface area contributed by atoms with E-state index in [1.165, 1.54) is 12.1 Å². The fourth-order valence-electron chi connectivity index (χ4n) is 1.16. The van der Waals surface area contributed by atoms with E-state index in [1.54, 1.807) is 23.6 Å². The molecule has 0 fully saturated rings. The van der Waals surface area contributed by atoms with E-state index >= 15 is 0 Å². The molecule has 0 radical (unpaired) electrons. The van der Waals surface area contributed by atoms with E-state index in [4.69, 9.17) is 10.4 Å². The van der Waals surface area contributed by atoms with Crippen LogP contribution in [-0.2, 0) is 14.9 Å². The molecule has 1 aromatic rings. The van der Waals surface area contributed by atoms with Gasteiger partial charge in [-0.1, -0.05) is 30.3 Å². The Morgan fingerprint density at radius 3 is 2.27 bits per heavy atom. The molecule has 0 spiro atoms. The van der Waals surface area contributed by atoms with Crippen LogP contribution >= 0.6 is 0 Å². The SMILES string of the molecule is NNC(=O)C(c1ccccc1)S(=O)(=O)O. The van der Waals surface area contributed by atoms with Gasteiger partial charge in [0.1, 0.15) is 0 Å². The summed E-state index contributed by atoms with van der Waals surface area (Å²) in [5.74, 6) is 3.85. The zero-order valence-electron chi connectivity index (χ0n) is 7.62. The normalized spacial score (nSPS) is 13.2. The summed E-state index contributed by atoms with van der Waals surface area (Å²) in [7, 11) is -4.52. The number of hydrazine groups is 1. The summed E-state index contributed by atoms with van der Waals surface area (Å²) in [5.41, 5.74) is 1.85. The third kappa shape index (κ3) is 2.75. The first kappa shape index (κ1) is 11.6. The maximum Gasteiger partial charge on any atom is 0.281 e. The fraction of sp³-hybridized carbons (Fsp3) is 0.125. The van der Waals surface area contributed by atoms with Crippen molar-refractivity contribution in [2.45, 2.75) is 5.25 Å². The number of nitrogens with one attached hydrogen (secondary N) is 1. The van der Waals surface area contributed by atoms with E-state index in [0.717, 1.165) is 0 Å². The number of carbonyl (C=O) groups is 1. The quantitative estimate of drug-likeness (QED) is 0.283. The van der Waals surface area contributed by atoms with Gasteiger partial charge in [0.2, 0.25) is 0 Å². The molecule has 6 nitrogen and oxygen atoms in total. The van der Waals surface area contributed by atoms with Gasteiger partial charge in [-0.05, 0) is 5.56 Å². The molecule has 7 heteroatoms. The highest BCUT2D eigenvalue weighted by molar-refractivity contribution is 7.86. The van der Waals surface area contributed by atoms with Crippen LogP contribution in [0.3, 0.4) is 0 Å². The number of hydrogen-bond donors (Lipinski definition) is 3. The van der Waals surface area contributed by atoms with Gasteiger partial charge in [0.15, 0.2) is 5.25 Å². The Morgan fingerprint density at radius 2 is 1.87 bits per heavy atom. The van der Waals surface area contributed by atoms with Crippen molar-refractivity contribution in [2.24, 2.45) is 5.84 Å². The van der Waals surface area contributed by atoms with Gasteiger partial charge in [-0.15, -0.1) is 0 Å². The van der Waals surface area contributed by atoms with Crippen LogP contribution in [0.15, 0.2) is 30.3 Å². The summed E-state index contributed by atoms with van der Waals surface area (Å²) in [6.45, 7) is 0. The first-order chi connectivity index (χ1) is 6.96. The Hall–Kier alpha value is -1.44. The standard InChI is InChI=1S/C8H10N2O4S/c9-10-8(11)7(15(12,13)14)6-4-2-1-3-5-6/h1-5,7H,9H2,(H,10,11)(H,12,13,14). The van der Waals surface area contributed by atoms with Gasteiger partial charge in [-0.25, -0.2) is 5.84 Å². The molecule has 1 amide bonds. The lowest BCUT2D eigenvalue weighted by atomic mass is 10.1. The summed E-state index contributed by atoms with van der Waals surface area (Å²) in [6.07, 6.45) is 0. The van der Waals surface area contributed by atoms with E-state index in [1.807, 2.05) is 0 Å². The van der Waals surface area contributed by atoms with Crippen LogP contribution in [0.4, 0.5) is 0 Å². The van der Waals surface area contributed by atoms with Crippen molar-refractivity contribution < 1.29 is 17.8 Å². The van der Waals surface area contributed by atoms with Crippen LogP contribution in [0.1, 0.15) is 10.8 Å². The second-order valence-corrected chi connectivity index (χ2v) is 4.32. The first-order valence-electron chi connectivity index (χ1n) is 3.98. The highest BCUT2D eigenvalue weighted by Crippen LogP contribution is 2.20. The molecule has 0 saturated carbocycles. The monoisotopic (exact) mass is 230 g/mol. The largest absolute Gasteiger partial charge is 0.293 e. The third-order valence-corrected chi connectivity index (χ3v) is 2.86. The number of hydrogen-bond acceptors (Lipinski definition) is 4. The number of benzene rings is 1. The summed E-state index contributed by atoms with van der Waals surface area (Å²) in [4.78, 5) is 11.2.